The van der Waals surface area contributed by atoms with Crippen LogP contribution in [0.1, 0.15) is 19.4 Å². The third-order valence-electron chi connectivity index (χ3n) is 4.61. The first kappa shape index (κ1) is 23.9. The van der Waals surface area contributed by atoms with Crippen LogP contribution >= 0.6 is 11.6 Å². The lowest BCUT2D eigenvalue weighted by molar-refractivity contribution is -0.127. The van der Waals surface area contributed by atoms with E-state index in [2.05, 4.69) is 10.6 Å². The van der Waals surface area contributed by atoms with E-state index >= 15 is 0 Å². The number of carbonyl (C=O) groups excluding carboxylic acids is 3. The van der Waals surface area contributed by atoms with Gasteiger partial charge in [-0.25, -0.2) is 9.69 Å². The molecule has 0 aliphatic carbocycles. The summed E-state index contributed by atoms with van der Waals surface area (Å²) in [6.45, 7) is 4.03. The van der Waals surface area contributed by atoms with Gasteiger partial charge in [0.2, 0.25) is 5.91 Å². The molecule has 1 aliphatic rings. The number of para-hydroxylation sites is 2. The Labute approximate surface area is 196 Å². The second-order valence-corrected chi connectivity index (χ2v) is 7.22. The van der Waals surface area contributed by atoms with E-state index in [1.807, 2.05) is 13.8 Å². The number of rotatable bonds is 9. The van der Waals surface area contributed by atoms with E-state index in [4.69, 9.17) is 25.8 Å². The van der Waals surface area contributed by atoms with Crippen LogP contribution in [0.25, 0.3) is 6.08 Å². The van der Waals surface area contributed by atoms with Crippen molar-refractivity contribution in [2.75, 3.05) is 32.2 Å². The molecule has 1 fully saturated rings. The number of carbonyl (C=O) groups is 3. The number of urea groups is 1. The smallest absolute Gasteiger partial charge is 0.329 e. The minimum Gasteiger partial charge on any atom is -0.495 e. The molecule has 1 saturated heterocycles. The molecule has 9 nitrogen and oxygen atoms in total. The summed E-state index contributed by atoms with van der Waals surface area (Å²) in [5.74, 6) is 0.183. The second-order valence-electron chi connectivity index (χ2n) is 6.81. The Hall–Kier alpha value is -3.72. The minimum absolute atomic E-state index is 0.0152. The lowest BCUT2D eigenvalue weighted by atomic mass is 10.1. The zero-order chi connectivity index (χ0) is 24.0. The Bertz CT molecular complexity index is 1100. The molecule has 0 spiro atoms. The number of ether oxygens (including phenoxy) is 3. The lowest BCUT2D eigenvalue weighted by Crippen LogP contribution is -2.38. The van der Waals surface area contributed by atoms with Gasteiger partial charge in [0, 0.05) is 6.07 Å². The molecule has 2 aromatic rings. The molecule has 2 aromatic carbocycles. The number of hydrogen-bond donors (Lipinski definition) is 2. The molecule has 0 unspecified atom stereocenters. The number of anilines is 1. The van der Waals surface area contributed by atoms with Crippen LogP contribution in [0.5, 0.6) is 17.2 Å². The summed E-state index contributed by atoms with van der Waals surface area (Å²) in [6, 6.07) is 9.31. The maximum absolute atomic E-state index is 12.8. The number of amides is 4. The lowest BCUT2D eigenvalue weighted by Gasteiger charge is -2.14. The Kier molecular flexibility index (Phi) is 7.78. The molecule has 33 heavy (non-hydrogen) atoms. The molecular weight excluding hydrogens is 450 g/mol. The summed E-state index contributed by atoms with van der Waals surface area (Å²) in [5.41, 5.74) is 0.864. The van der Waals surface area contributed by atoms with Crippen LogP contribution in [-0.4, -0.2) is 49.6 Å². The summed E-state index contributed by atoms with van der Waals surface area (Å²) in [7, 11) is 1.47. The predicted octanol–water partition coefficient (Wildman–Crippen LogP) is 3.68. The fourth-order valence-corrected chi connectivity index (χ4v) is 3.36. The molecule has 0 aromatic heterocycles. The Morgan fingerprint density at radius 2 is 1.76 bits per heavy atom. The van der Waals surface area contributed by atoms with E-state index in [1.165, 1.54) is 13.2 Å². The molecule has 10 heteroatoms. The fraction of sp³-hybridized carbons (Fsp3) is 0.261. The quantitative estimate of drug-likeness (QED) is 0.425. The largest absolute Gasteiger partial charge is 0.495 e. The van der Waals surface area contributed by atoms with Gasteiger partial charge < -0.3 is 24.8 Å². The highest BCUT2D eigenvalue weighted by molar-refractivity contribution is 6.32. The first-order valence-electron chi connectivity index (χ1n) is 10.2. The first-order valence-corrected chi connectivity index (χ1v) is 10.6. The van der Waals surface area contributed by atoms with Crippen LogP contribution < -0.4 is 24.8 Å². The topological polar surface area (TPSA) is 106 Å². The van der Waals surface area contributed by atoms with Crippen molar-refractivity contribution >= 4 is 41.2 Å². The fourth-order valence-electron chi connectivity index (χ4n) is 3.15. The van der Waals surface area contributed by atoms with Gasteiger partial charge in [-0.05, 0) is 43.7 Å². The monoisotopic (exact) mass is 473 g/mol. The normalized spacial score (nSPS) is 14.3. The summed E-state index contributed by atoms with van der Waals surface area (Å²) in [5, 5.41) is 5.42. The number of imide groups is 1. The molecule has 0 bridgehead atoms. The molecule has 2 N–H and O–H groups in total. The van der Waals surface area contributed by atoms with Crippen molar-refractivity contribution in [1.29, 1.82) is 0 Å². The van der Waals surface area contributed by atoms with Crippen molar-refractivity contribution in [3.63, 3.8) is 0 Å². The molecule has 174 valence electrons. The van der Waals surface area contributed by atoms with Crippen molar-refractivity contribution in [1.82, 2.24) is 10.2 Å². The van der Waals surface area contributed by atoms with Gasteiger partial charge in [0.1, 0.15) is 18.0 Å². The van der Waals surface area contributed by atoms with E-state index < -0.39 is 24.4 Å². The Balaban J connectivity index is 1.78. The summed E-state index contributed by atoms with van der Waals surface area (Å²) in [4.78, 5) is 38.4. The zero-order valence-electron chi connectivity index (χ0n) is 18.4. The summed E-state index contributed by atoms with van der Waals surface area (Å²) >= 11 is 6.35. The predicted molar refractivity (Wildman–Crippen MR) is 124 cm³/mol. The number of nitrogens with zero attached hydrogens (tertiary/aromatic N) is 1. The van der Waals surface area contributed by atoms with Crippen molar-refractivity contribution < 1.29 is 28.6 Å². The molecule has 3 rings (SSSR count). The van der Waals surface area contributed by atoms with Crippen LogP contribution in [0.3, 0.4) is 0 Å². The highest BCUT2D eigenvalue weighted by Gasteiger charge is 2.35. The van der Waals surface area contributed by atoms with Crippen LogP contribution in [0.15, 0.2) is 42.1 Å². The number of hydrogen-bond acceptors (Lipinski definition) is 6. The molecule has 0 atom stereocenters. The molecule has 4 amide bonds. The van der Waals surface area contributed by atoms with Gasteiger partial charge in [0.25, 0.3) is 5.91 Å². The second kappa shape index (κ2) is 10.7. The van der Waals surface area contributed by atoms with Gasteiger partial charge in [0.15, 0.2) is 11.5 Å². The van der Waals surface area contributed by atoms with Gasteiger partial charge in [-0.15, -0.1) is 0 Å². The number of methoxy groups -OCH3 is 1. The standard InChI is InChI=1S/C23H24ClN3O6/c1-4-32-19-11-14(15(24)12-20(19)33-5-2)10-17-22(29)27(23(30)26-17)13-21(28)25-16-8-6-7-9-18(16)31-3/h6-12H,4-5,13H2,1-3H3,(H,25,28)(H,26,30)/b17-10+. The molecular formula is C23H24ClN3O6. The van der Waals surface area contributed by atoms with Gasteiger partial charge in [-0.1, -0.05) is 23.7 Å². The molecule has 1 heterocycles. The molecule has 0 saturated carbocycles. The first-order chi connectivity index (χ1) is 15.9. The highest BCUT2D eigenvalue weighted by Crippen LogP contribution is 2.35. The van der Waals surface area contributed by atoms with Crippen molar-refractivity contribution in [2.45, 2.75) is 13.8 Å². The summed E-state index contributed by atoms with van der Waals surface area (Å²) in [6.07, 6.45) is 1.43. The third kappa shape index (κ3) is 5.56. The minimum atomic E-state index is -0.714. The SMILES string of the molecule is CCOc1cc(Cl)c(/C=C2/NC(=O)N(CC(=O)Nc3ccccc3OC)C2=O)cc1OCC. The number of nitrogens with one attached hydrogen (secondary N) is 2. The van der Waals surface area contributed by atoms with Crippen LogP contribution in [0.4, 0.5) is 10.5 Å². The Morgan fingerprint density at radius 3 is 2.42 bits per heavy atom. The van der Waals surface area contributed by atoms with Gasteiger partial charge in [-0.3, -0.25) is 9.59 Å². The van der Waals surface area contributed by atoms with Crippen LogP contribution in [0, 0.1) is 0 Å². The van der Waals surface area contributed by atoms with E-state index in [0.717, 1.165) is 4.90 Å². The highest BCUT2D eigenvalue weighted by atomic mass is 35.5. The van der Waals surface area contributed by atoms with Crippen LogP contribution in [0.2, 0.25) is 5.02 Å². The average molecular weight is 474 g/mol. The van der Waals surface area contributed by atoms with Crippen molar-refractivity contribution in [3.8, 4) is 17.2 Å². The maximum atomic E-state index is 12.8. The van der Waals surface area contributed by atoms with Gasteiger partial charge in [-0.2, -0.15) is 0 Å². The zero-order valence-corrected chi connectivity index (χ0v) is 19.2. The van der Waals surface area contributed by atoms with Crippen molar-refractivity contribution in [2.24, 2.45) is 0 Å². The number of benzene rings is 2. The molecule has 0 radical (unpaired) electrons. The molecule has 1 aliphatic heterocycles. The van der Waals surface area contributed by atoms with E-state index in [1.54, 1.807) is 36.4 Å². The van der Waals surface area contributed by atoms with E-state index in [-0.39, 0.29) is 5.70 Å². The van der Waals surface area contributed by atoms with Gasteiger partial charge >= 0.3 is 6.03 Å². The van der Waals surface area contributed by atoms with E-state index in [9.17, 15) is 14.4 Å². The van der Waals surface area contributed by atoms with Crippen molar-refractivity contribution in [3.05, 3.63) is 52.7 Å². The van der Waals surface area contributed by atoms with E-state index in [0.29, 0.717) is 46.7 Å². The maximum Gasteiger partial charge on any atom is 0.329 e. The average Bonchev–Trinajstić information content (AvgIpc) is 3.04. The summed E-state index contributed by atoms with van der Waals surface area (Å²) < 4.78 is 16.3. The Morgan fingerprint density at radius 1 is 1.09 bits per heavy atom. The van der Waals surface area contributed by atoms with Crippen LogP contribution in [-0.2, 0) is 9.59 Å². The number of halogens is 1. The van der Waals surface area contributed by atoms with Gasteiger partial charge in [0.05, 0.1) is 31.0 Å². The third-order valence-corrected chi connectivity index (χ3v) is 4.93.